The molecule has 7 heteroatoms. The van der Waals surface area contributed by atoms with E-state index in [1.54, 1.807) is 36.4 Å². The molecule has 0 atom stereocenters. The molecule has 29 heavy (non-hydrogen) atoms. The van der Waals surface area contributed by atoms with E-state index < -0.39 is 0 Å². The van der Waals surface area contributed by atoms with Gasteiger partial charge in [0.05, 0.1) is 6.42 Å². The summed E-state index contributed by atoms with van der Waals surface area (Å²) in [6, 6.07) is 12.1. The summed E-state index contributed by atoms with van der Waals surface area (Å²) in [5.74, 6) is -1.05. The fourth-order valence-corrected chi connectivity index (χ4v) is 2.52. The second-order valence-electron chi connectivity index (χ2n) is 7.69. The van der Waals surface area contributed by atoms with Gasteiger partial charge in [-0.25, -0.2) is 4.39 Å². The number of carbonyl (C=O) groups is 3. The lowest BCUT2D eigenvalue weighted by Gasteiger charge is -2.20. The molecule has 0 fully saturated rings. The van der Waals surface area contributed by atoms with Crippen molar-refractivity contribution >= 4 is 17.7 Å². The Bertz CT molecular complexity index is 856. The van der Waals surface area contributed by atoms with E-state index in [2.05, 4.69) is 16.0 Å². The Kier molecular flexibility index (Phi) is 7.47. The quantitative estimate of drug-likeness (QED) is 0.625. The zero-order valence-electron chi connectivity index (χ0n) is 16.8. The van der Waals surface area contributed by atoms with E-state index in [4.69, 9.17) is 0 Å². The largest absolute Gasteiger partial charge is 0.354 e. The van der Waals surface area contributed by atoms with Crippen LogP contribution in [0.2, 0.25) is 0 Å². The Labute approximate surface area is 169 Å². The SMILES string of the molecule is CC(C)(C)NC(=O)c1ccc(C(=O)NCCNC(=O)Cc2ccc(F)cc2)cc1. The van der Waals surface area contributed by atoms with Gasteiger partial charge < -0.3 is 16.0 Å². The first kappa shape index (κ1) is 22.1. The van der Waals surface area contributed by atoms with Crippen LogP contribution < -0.4 is 16.0 Å². The summed E-state index contributed by atoms with van der Waals surface area (Å²) in [5.41, 5.74) is 1.27. The molecule has 0 radical (unpaired) electrons. The molecular formula is C22H26FN3O3. The average Bonchev–Trinajstić information content (AvgIpc) is 2.65. The van der Waals surface area contributed by atoms with Crippen molar-refractivity contribution < 1.29 is 18.8 Å². The summed E-state index contributed by atoms with van der Waals surface area (Å²) in [6.45, 7) is 6.22. The van der Waals surface area contributed by atoms with Crippen molar-refractivity contribution in [1.29, 1.82) is 0 Å². The number of rotatable bonds is 7. The molecule has 0 bridgehead atoms. The van der Waals surface area contributed by atoms with Crippen LogP contribution in [0.3, 0.4) is 0 Å². The maximum atomic E-state index is 12.9. The molecule has 0 unspecified atom stereocenters. The van der Waals surface area contributed by atoms with Gasteiger partial charge in [0, 0.05) is 29.8 Å². The summed E-state index contributed by atoms with van der Waals surface area (Å²) in [5, 5.41) is 8.27. The predicted octanol–water partition coefficient (Wildman–Crippen LogP) is 2.44. The summed E-state index contributed by atoms with van der Waals surface area (Å²) in [7, 11) is 0. The van der Waals surface area contributed by atoms with Gasteiger partial charge in [-0.05, 0) is 62.7 Å². The zero-order chi connectivity index (χ0) is 21.4. The van der Waals surface area contributed by atoms with Crippen LogP contribution >= 0.6 is 0 Å². The van der Waals surface area contributed by atoms with Gasteiger partial charge in [0.1, 0.15) is 5.82 Å². The van der Waals surface area contributed by atoms with Gasteiger partial charge in [0.2, 0.25) is 5.91 Å². The lowest BCUT2D eigenvalue weighted by atomic mass is 10.1. The molecule has 2 rings (SSSR count). The molecule has 6 nitrogen and oxygen atoms in total. The Balaban J connectivity index is 1.74. The maximum Gasteiger partial charge on any atom is 0.251 e. The number of carbonyl (C=O) groups excluding carboxylic acids is 3. The van der Waals surface area contributed by atoms with E-state index >= 15 is 0 Å². The molecule has 3 N–H and O–H groups in total. The van der Waals surface area contributed by atoms with Gasteiger partial charge in [-0.2, -0.15) is 0 Å². The highest BCUT2D eigenvalue weighted by Gasteiger charge is 2.15. The topological polar surface area (TPSA) is 87.3 Å². The van der Waals surface area contributed by atoms with Crippen LogP contribution in [0.5, 0.6) is 0 Å². The Morgan fingerprint density at radius 2 is 1.31 bits per heavy atom. The second kappa shape index (κ2) is 9.82. The first-order valence-electron chi connectivity index (χ1n) is 9.36. The molecule has 0 aromatic heterocycles. The van der Waals surface area contributed by atoms with E-state index in [1.807, 2.05) is 20.8 Å². The van der Waals surface area contributed by atoms with Gasteiger partial charge >= 0.3 is 0 Å². The van der Waals surface area contributed by atoms with Crippen molar-refractivity contribution in [1.82, 2.24) is 16.0 Å². The molecule has 0 spiro atoms. The minimum atomic E-state index is -0.347. The summed E-state index contributed by atoms with van der Waals surface area (Å²) >= 11 is 0. The summed E-state index contributed by atoms with van der Waals surface area (Å²) in [6.07, 6.45) is 0.145. The smallest absolute Gasteiger partial charge is 0.251 e. The number of halogens is 1. The van der Waals surface area contributed by atoms with E-state index in [0.29, 0.717) is 16.7 Å². The van der Waals surface area contributed by atoms with Crippen LogP contribution in [-0.2, 0) is 11.2 Å². The molecule has 0 heterocycles. The fraction of sp³-hybridized carbons (Fsp3) is 0.318. The standard InChI is InChI=1S/C22H26FN3O3/c1-22(2,3)26-21(29)17-8-6-16(7-9-17)20(28)25-13-12-24-19(27)14-15-4-10-18(23)11-5-15/h4-11H,12-14H2,1-3H3,(H,24,27)(H,25,28)(H,26,29). The maximum absolute atomic E-state index is 12.9. The first-order valence-corrected chi connectivity index (χ1v) is 9.36. The molecule has 0 aliphatic heterocycles. The summed E-state index contributed by atoms with van der Waals surface area (Å²) < 4.78 is 12.9. The van der Waals surface area contributed by atoms with Crippen LogP contribution in [-0.4, -0.2) is 36.3 Å². The van der Waals surface area contributed by atoms with Crippen molar-refractivity contribution in [3.8, 4) is 0 Å². The van der Waals surface area contributed by atoms with Crippen molar-refractivity contribution in [2.45, 2.75) is 32.7 Å². The van der Waals surface area contributed by atoms with E-state index in [1.165, 1.54) is 12.1 Å². The number of amides is 3. The van der Waals surface area contributed by atoms with Crippen LogP contribution in [0, 0.1) is 5.82 Å². The highest BCUT2D eigenvalue weighted by atomic mass is 19.1. The number of hydrogen-bond donors (Lipinski definition) is 3. The van der Waals surface area contributed by atoms with Crippen LogP contribution in [0.4, 0.5) is 4.39 Å². The van der Waals surface area contributed by atoms with E-state index in [-0.39, 0.29) is 48.6 Å². The van der Waals surface area contributed by atoms with Crippen LogP contribution in [0.1, 0.15) is 47.1 Å². The van der Waals surface area contributed by atoms with E-state index in [0.717, 1.165) is 0 Å². The minimum absolute atomic E-state index is 0.145. The lowest BCUT2D eigenvalue weighted by molar-refractivity contribution is -0.120. The van der Waals surface area contributed by atoms with Gasteiger partial charge in [-0.1, -0.05) is 12.1 Å². The predicted molar refractivity (Wildman–Crippen MR) is 109 cm³/mol. The second-order valence-corrected chi connectivity index (χ2v) is 7.69. The third-order valence-corrected chi connectivity index (χ3v) is 3.91. The fourth-order valence-electron chi connectivity index (χ4n) is 2.52. The van der Waals surface area contributed by atoms with Crippen molar-refractivity contribution in [3.63, 3.8) is 0 Å². The number of hydrogen-bond acceptors (Lipinski definition) is 3. The average molecular weight is 399 g/mol. The highest BCUT2D eigenvalue weighted by molar-refractivity contribution is 5.98. The zero-order valence-corrected chi connectivity index (χ0v) is 16.8. The Morgan fingerprint density at radius 3 is 1.86 bits per heavy atom. The number of nitrogens with one attached hydrogen (secondary N) is 3. The first-order chi connectivity index (χ1) is 13.6. The Hall–Kier alpha value is -3.22. The van der Waals surface area contributed by atoms with Crippen molar-refractivity contribution in [2.24, 2.45) is 0 Å². The molecular weight excluding hydrogens is 373 g/mol. The molecule has 154 valence electrons. The van der Waals surface area contributed by atoms with Gasteiger partial charge in [0.15, 0.2) is 0 Å². The highest BCUT2D eigenvalue weighted by Crippen LogP contribution is 2.07. The normalized spacial score (nSPS) is 10.9. The third kappa shape index (κ3) is 7.73. The number of benzene rings is 2. The van der Waals surface area contributed by atoms with Crippen LogP contribution in [0.25, 0.3) is 0 Å². The molecule has 0 saturated carbocycles. The van der Waals surface area contributed by atoms with Gasteiger partial charge in [-0.15, -0.1) is 0 Å². The molecule has 2 aromatic carbocycles. The Morgan fingerprint density at radius 1 is 0.793 bits per heavy atom. The monoisotopic (exact) mass is 399 g/mol. The van der Waals surface area contributed by atoms with Gasteiger partial charge in [-0.3, -0.25) is 14.4 Å². The molecule has 3 amide bonds. The molecule has 0 aliphatic rings. The van der Waals surface area contributed by atoms with Crippen molar-refractivity contribution in [3.05, 3.63) is 71.0 Å². The summed E-state index contributed by atoms with van der Waals surface area (Å²) in [4.78, 5) is 36.1. The van der Waals surface area contributed by atoms with Gasteiger partial charge in [0.25, 0.3) is 11.8 Å². The van der Waals surface area contributed by atoms with E-state index in [9.17, 15) is 18.8 Å². The van der Waals surface area contributed by atoms with Crippen molar-refractivity contribution in [2.75, 3.05) is 13.1 Å². The molecule has 0 saturated heterocycles. The molecule has 2 aromatic rings. The lowest BCUT2D eigenvalue weighted by Crippen LogP contribution is -2.40. The molecule has 0 aliphatic carbocycles. The third-order valence-electron chi connectivity index (χ3n) is 3.91. The minimum Gasteiger partial charge on any atom is -0.354 e. The van der Waals surface area contributed by atoms with Crippen LogP contribution in [0.15, 0.2) is 48.5 Å².